The Morgan fingerprint density at radius 2 is 1.80 bits per heavy atom. The van der Waals surface area contributed by atoms with E-state index in [2.05, 4.69) is 15.4 Å². The molecule has 0 fully saturated rings. The van der Waals surface area contributed by atoms with Crippen molar-refractivity contribution < 1.29 is 17.9 Å². The third-order valence-electron chi connectivity index (χ3n) is 4.67. The van der Waals surface area contributed by atoms with E-state index in [0.717, 1.165) is 0 Å². The van der Waals surface area contributed by atoms with Crippen molar-refractivity contribution in [2.45, 2.75) is 11.1 Å². The molecule has 3 aromatic carbocycles. The van der Waals surface area contributed by atoms with Gasteiger partial charge in [-0.3, -0.25) is 4.79 Å². The van der Waals surface area contributed by atoms with Crippen LogP contribution in [0.15, 0.2) is 71.6 Å². The number of fused-ring (bicyclic) bond motifs is 1. The summed E-state index contributed by atoms with van der Waals surface area (Å²) in [4.78, 5) is 12.7. The maximum absolute atomic E-state index is 12.5. The fourth-order valence-electron chi connectivity index (χ4n) is 3.15. The number of hydrogen-bond acceptors (Lipinski definition) is 5. The molecule has 0 radical (unpaired) electrons. The molecule has 154 valence electrons. The number of para-hydroxylation sites is 1. The molecule has 0 saturated heterocycles. The Balaban J connectivity index is 1.51. The van der Waals surface area contributed by atoms with Gasteiger partial charge < -0.3 is 15.4 Å². The highest BCUT2D eigenvalue weighted by Crippen LogP contribution is 2.31. The Labute approximate surface area is 179 Å². The van der Waals surface area contributed by atoms with E-state index in [1.807, 2.05) is 0 Å². The van der Waals surface area contributed by atoms with Crippen LogP contribution in [0.25, 0.3) is 0 Å². The molecule has 1 atom stereocenters. The molecule has 7 nitrogen and oxygen atoms in total. The number of halogens is 1. The number of nitrogens with one attached hydrogen (secondary N) is 3. The quantitative estimate of drug-likeness (QED) is 0.566. The van der Waals surface area contributed by atoms with E-state index in [0.29, 0.717) is 33.3 Å². The SMILES string of the molecule is COc1ccc(NC(=O)c2ccc([C@H]3Nc4ccccc4S(=O)(=O)N3)cc2)cc1Cl. The zero-order valence-corrected chi connectivity index (χ0v) is 17.4. The lowest BCUT2D eigenvalue weighted by Gasteiger charge is -2.28. The van der Waals surface area contributed by atoms with Crippen LogP contribution in [0.4, 0.5) is 11.4 Å². The minimum absolute atomic E-state index is 0.204. The first-order valence-corrected chi connectivity index (χ1v) is 10.9. The molecule has 0 aliphatic carbocycles. The average Bonchev–Trinajstić information content (AvgIpc) is 2.73. The van der Waals surface area contributed by atoms with Gasteiger partial charge in [0.15, 0.2) is 0 Å². The molecule has 0 bridgehead atoms. The van der Waals surface area contributed by atoms with Crippen LogP contribution < -0.4 is 20.1 Å². The zero-order chi connectivity index (χ0) is 21.3. The third kappa shape index (κ3) is 3.97. The molecular formula is C21H18ClN3O4S. The van der Waals surface area contributed by atoms with Gasteiger partial charge in [0, 0.05) is 11.3 Å². The first-order chi connectivity index (χ1) is 14.4. The Morgan fingerprint density at radius 1 is 1.07 bits per heavy atom. The van der Waals surface area contributed by atoms with Crippen molar-refractivity contribution in [3.05, 3.63) is 82.9 Å². The van der Waals surface area contributed by atoms with Crippen molar-refractivity contribution in [1.82, 2.24) is 4.72 Å². The number of rotatable bonds is 4. The third-order valence-corrected chi connectivity index (χ3v) is 6.44. The largest absolute Gasteiger partial charge is 0.495 e. The van der Waals surface area contributed by atoms with Gasteiger partial charge in [0.25, 0.3) is 5.91 Å². The number of carbonyl (C=O) groups is 1. The minimum Gasteiger partial charge on any atom is -0.495 e. The maximum Gasteiger partial charge on any atom is 0.255 e. The topological polar surface area (TPSA) is 96.5 Å². The van der Waals surface area contributed by atoms with E-state index in [9.17, 15) is 13.2 Å². The molecule has 1 heterocycles. The molecule has 0 unspecified atom stereocenters. The highest BCUT2D eigenvalue weighted by molar-refractivity contribution is 7.89. The van der Waals surface area contributed by atoms with Crippen LogP contribution in [-0.2, 0) is 10.0 Å². The van der Waals surface area contributed by atoms with Crippen molar-refractivity contribution in [2.24, 2.45) is 0 Å². The van der Waals surface area contributed by atoms with Gasteiger partial charge in [0.1, 0.15) is 16.8 Å². The van der Waals surface area contributed by atoms with Crippen LogP contribution in [0.3, 0.4) is 0 Å². The first kappa shape index (κ1) is 20.2. The number of anilines is 2. The lowest BCUT2D eigenvalue weighted by atomic mass is 10.1. The van der Waals surface area contributed by atoms with Gasteiger partial charge in [0.2, 0.25) is 10.0 Å². The van der Waals surface area contributed by atoms with E-state index >= 15 is 0 Å². The van der Waals surface area contributed by atoms with Crippen molar-refractivity contribution in [1.29, 1.82) is 0 Å². The molecule has 1 amide bonds. The number of sulfonamides is 1. The number of methoxy groups -OCH3 is 1. The molecule has 0 spiro atoms. The summed E-state index contributed by atoms with van der Waals surface area (Å²) in [6.45, 7) is 0. The molecular weight excluding hydrogens is 426 g/mol. The van der Waals surface area contributed by atoms with Crippen molar-refractivity contribution in [3.63, 3.8) is 0 Å². The van der Waals surface area contributed by atoms with Gasteiger partial charge in [-0.2, -0.15) is 4.72 Å². The second kappa shape index (κ2) is 7.98. The monoisotopic (exact) mass is 443 g/mol. The normalized spacial score (nSPS) is 16.8. The van der Waals surface area contributed by atoms with E-state index in [1.54, 1.807) is 66.7 Å². The first-order valence-electron chi connectivity index (χ1n) is 9.00. The van der Waals surface area contributed by atoms with Crippen LogP contribution in [0.5, 0.6) is 5.75 Å². The molecule has 30 heavy (non-hydrogen) atoms. The Morgan fingerprint density at radius 3 is 2.50 bits per heavy atom. The molecule has 9 heteroatoms. The van der Waals surface area contributed by atoms with Crippen LogP contribution in [0, 0.1) is 0 Å². The second-order valence-corrected chi connectivity index (χ2v) is 8.71. The predicted octanol–water partition coefficient (Wildman–Crippen LogP) is 4.00. The van der Waals surface area contributed by atoms with Gasteiger partial charge in [-0.1, -0.05) is 35.9 Å². The summed E-state index contributed by atoms with van der Waals surface area (Å²) in [7, 11) is -2.12. The van der Waals surface area contributed by atoms with Gasteiger partial charge in [-0.05, 0) is 48.0 Å². The van der Waals surface area contributed by atoms with Crippen molar-refractivity contribution in [2.75, 3.05) is 17.7 Å². The lowest BCUT2D eigenvalue weighted by Crippen LogP contribution is -2.38. The summed E-state index contributed by atoms with van der Waals surface area (Å²) in [6, 6.07) is 18.3. The molecule has 0 saturated carbocycles. The number of carbonyl (C=O) groups excluding carboxylic acids is 1. The summed E-state index contributed by atoms with van der Waals surface area (Å²) in [5, 5.41) is 6.32. The molecule has 4 rings (SSSR count). The summed E-state index contributed by atoms with van der Waals surface area (Å²) >= 11 is 6.09. The van der Waals surface area contributed by atoms with E-state index < -0.39 is 16.2 Å². The molecule has 1 aliphatic rings. The number of ether oxygens (including phenoxy) is 1. The lowest BCUT2D eigenvalue weighted by molar-refractivity contribution is 0.102. The molecule has 3 aromatic rings. The number of hydrogen-bond donors (Lipinski definition) is 3. The predicted molar refractivity (Wildman–Crippen MR) is 116 cm³/mol. The van der Waals surface area contributed by atoms with Gasteiger partial charge in [0.05, 0.1) is 17.8 Å². The van der Waals surface area contributed by atoms with Gasteiger partial charge >= 0.3 is 0 Å². The van der Waals surface area contributed by atoms with E-state index in [1.165, 1.54) is 7.11 Å². The summed E-state index contributed by atoms with van der Waals surface area (Å²) in [5.41, 5.74) is 2.16. The van der Waals surface area contributed by atoms with Crippen molar-refractivity contribution in [3.8, 4) is 5.75 Å². The average molecular weight is 444 g/mol. The van der Waals surface area contributed by atoms with Crippen LogP contribution in [0.1, 0.15) is 22.1 Å². The fraction of sp³-hybridized carbons (Fsp3) is 0.0952. The minimum atomic E-state index is -3.63. The van der Waals surface area contributed by atoms with Gasteiger partial charge in [-0.25, -0.2) is 8.42 Å². The smallest absolute Gasteiger partial charge is 0.255 e. The zero-order valence-electron chi connectivity index (χ0n) is 15.8. The highest BCUT2D eigenvalue weighted by Gasteiger charge is 2.29. The summed E-state index contributed by atoms with van der Waals surface area (Å²) < 4.78 is 32.6. The number of amides is 1. The van der Waals surface area contributed by atoms with E-state index in [4.69, 9.17) is 16.3 Å². The second-order valence-electron chi connectivity index (χ2n) is 6.62. The fourth-order valence-corrected chi connectivity index (χ4v) is 4.71. The molecule has 1 aliphatic heterocycles. The highest BCUT2D eigenvalue weighted by atomic mass is 35.5. The number of benzene rings is 3. The summed E-state index contributed by atoms with van der Waals surface area (Å²) in [6.07, 6.45) is -0.637. The Hall–Kier alpha value is -3.07. The van der Waals surface area contributed by atoms with Crippen molar-refractivity contribution >= 4 is 38.9 Å². The van der Waals surface area contributed by atoms with Crippen LogP contribution in [0.2, 0.25) is 5.02 Å². The molecule has 0 aromatic heterocycles. The van der Waals surface area contributed by atoms with Crippen LogP contribution >= 0.6 is 11.6 Å². The molecule has 3 N–H and O–H groups in total. The Kier molecular flexibility index (Phi) is 5.38. The Bertz CT molecular complexity index is 1210. The standard InChI is InChI=1S/C21H18ClN3O4S/c1-29-18-11-10-15(12-16(18)22)23-21(26)14-8-6-13(7-9-14)20-24-17-4-2-3-5-19(17)30(27,28)25-20/h2-12,20,24-25H,1H3,(H,23,26)/t20-/m0/s1. The summed E-state index contributed by atoms with van der Waals surface area (Å²) in [5.74, 6) is 0.202. The van der Waals surface area contributed by atoms with Crippen LogP contribution in [-0.4, -0.2) is 21.4 Å². The van der Waals surface area contributed by atoms with E-state index in [-0.39, 0.29) is 10.8 Å². The maximum atomic E-state index is 12.5. The van der Waals surface area contributed by atoms with Gasteiger partial charge in [-0.15, -0.1) is 0 Å².